The van der Waals surface area contributed by atoms with Gasteiger partial charge < -0.3 is 18.9 Å². The van der Waals surface area contributed by atoms with Crippen molar-refractivity contribution in [2.75, 3.05) is 6.79 Å². The fourth-order valence-corrected chi connectivity index (χ4v) is 3.41. The smallest absolute Gasteiger partial charge is 0.376 e. The van der Waals surface area contributed by atoms with Crippen molar-refractivity contribution in [1.29, 1.82) is 0 Å². The summed E-state index contributed by atoms with van der Waals surface area (Å²) >= 11 is 0. The predicted molar refractivity (Wildman–Crippen MR) is 208 cm³/mol. The van der Waals surface area contributed by atoms with Crippen LogP contribution in [0.4, 0.5) is 8.78 Å². The highest BCUT2D eigenvalue weighted by atomic mass is 19.3. The minimum Gasteiger partial charge on any atom is -0.376 e. The first-order valence-electron chi connectivity index (χ1n) is 16.1. The topological polar surface area (TPSA) is 55.4 Å². The van der Waals surface area contributed by atoms with Gasteiger partial charge in [0.15, 0.2) is 0 Å². The summed E-state index contributed by atoms with van der Waals surface area (Å²) in [6, 6.07) is 0. The molecule has 0 heterocycles. The molecule has 0 aromatic heterocycles. The van der Waals surface area contributed by atoms with Crippen molar-refractivity contribution >= 4 is 0 Å². The van der Waals surface area contributed by atoms with E-state index in [1.54, 1.807) is 0 Å². The normalized spacial score (nSPS) is 11.7. The van der Waals surface area contributed by atoms with Gasteiger partial charge in [0.1, 0.15) is 6.79 Å². The van der Waals surface area contributed by atoms with Crippen LogP contribution < -0.4 is 0 Å². The van der Waals surface area contributed by atoms with E-state index in [2.05, 4.69) is 85.6 Å². The lowest BCUT2D eigenvalue weighted by atomic mass is 9.97. The third kappa shape index (κ3) is 72.4. The maximum atomic E-state index is 12.5. The molecule has 0 aromatic carbocycles. The molecular weight excluding hydrogens is 602 g/mol. The fourth-order valence-electron chi connectivity index (χ4n) is 3.41. The Morgan fingerprint density at radius 1 is 0.468 bits per heavy atom. The van der Waals surface area contributed by atoms with Crippen LogP contribution in [0.25, 0.3) is 0 Å². The SMILES string of the molecule is C.C.C.C.C.CC(C)CC(C)OC(C)C.CC(C)CCC(C)(C)OC(C)C.CC(C)OC(F)(F)OC(C)C.CC(C)OCOC(C)C. The van der Waals surface area contributed by atoms with Crippen molar-refractivity contribution in [2.45, 2.75) is 243 Å². The minimum atomic E-state index is -3.46. The Balaban J connectivity index is -0.0000000568. The summed E-state index contributed by atoms with van der Waals surface area (Å²) in [6.07, 6.45) is 0.698. The van der Waals surface area contributed by atoms with Crippen LogP contribution in [0.2, 0.25) is 0 Å². The Bertz CT molecular complexity index is 534. The van der Waals surface area contributed by atoms with Gasteiger partial charge in [-0.15, -0.1) is 8.78 Å². The summed E-state index contributed by atoms with van der Waals surface area (Å²) in [7, 11) is 0. The third-order valence-corrected chi connectivity index (χ3v) is 4.73. The molecule has 0 N–H and O–H groups in total. The Labute approximate surface area is 298 Å². The first-order chi connectivity index (χ1) is 18.8. The Hall–Kier alpha value is -0.380. The predicted octanol–water partition coefficient (Wildman–Crippen LogP) is 13.8. The van der Waals surface area contributed by atoms with Gasteiger partial charge in [0.05, 0.1) is 48.3 Å². The van der Waals surface area contributed by atoms with Gasteiger partial charge in [-0.1, -0.05) is 64.8 Å². The zero-order valence-electron chi connectivity index (χ0n) is 31.2. The number of rotatable bonds is 17. The van der Waals surface area contributed by atoms with E-state index in [-0.39, 0.29) is 54.9 Å². The van der Waals surface area contributed by atoms with Gasteiger partial charge in [-0.05, 0) is 135 Å². The zero-order valence-corrected chi connectivity index (χ0v) is 31.2. The number of ether oxygens (including phenoxy) is 6. The van der Waals surface area contributed by atoms with Crippen LogP contribution in [-0.4, -0.2) is 61.4 Å². The Kier molecular flexibility index (Phi) is 56.0. The molecule has 6 nitrogen and oxygen atoms in total. The summed E-state index contributed by atoms with van der Waals surface area (Å²) in [5.41, 5.74) is 0.0540. The van der Waals surface area contributed by atoms with Gasteiger partial charge in [0.2, 0.25) is 0 Å². The van der Waals surface area contributed by atoms with Crippen LogP contribution >= 0.6 is 0 Å². The van der Waals surface area contributed by atoms with Crippen molar-refractivity contribution in [1.82, 2.24) is 0 Å². The van der Waals surface area contributed by atoms with Crippen molar-refractivity contribution in [3.63, 3.8) is 0 Å². The van der Waals surface area contributed by atoms with Crippen LogP contribution in [-0.2, 0) is 28.4 Å². The summed E-state index contributed by atoms with van der Waals surface area (Å²) in [5.74, 6) is 1.52. The largest absolute Gasteiger partial charge is 0.485 e. The van der Waals surface area contributed by atoms with E-state index in [9.17, 15) is 8.78 Å². The van der Waals surface area contributed by atoms with Crippen molar-refractivity contribution in [3.8, 4) is 0 Å². The second kappa shape index (κ2) is 38.4. The monoisotopic (exact) mass is 697 g/mol. The molecule has 1 unspecified atom stereocenters. The van der Waals surface area contributed by atoms with Gasteiger partial charge in [-0.3, -0.25) is 9.47 Å². The average Bonchev–Trinajstić information content (AvgIpc) is 2.69. The molecule has 0 radical (unpaired) electrons. The lowest BCUT2D eigenvalue weighted by Gasteiger charge is -2.28. The summed E-state index contributed by atoms with van der Waals surface area (Å²) in [6.45, 7) is 38.3. The van der Waals surface area contributed by atoms with Gasteiger partial charge in [0, 0.05) is 0 Å². The number of halogens is 2. The van der Waals surface area contributed by atoms with Crippen LogP contribution in [0, 0.1) is 11.8 Å². The van der Waals surface area contributed by atoms with E-state index < -0.39 is 18.5 Å². The molecule has 0 aliphatic rings. The maximum Gasteiger partial charge on any atom is 0.485 e. The number of hydrogen-bond donors (Lipinski definition) is 0. The quantitative estimate of drug-likeness (QED) is 0.141. The molecular formula is C39H94F2O6. The molecule has 0 fully saturated rings. The van der Waals surface area contributed by atoms with Crippen LogP contribution in [0.3, 0.4) is 0 Å². The fraction of sp³-hybridized carbons (Fsp3) is 1.00. The molecule has 0 aromatic rings. The first-order valence-corrected chi connectivity index (χ1v) is 16.1. The highest BCUT2D eigenvalue weighted by molar-refractivity contribution is 4.70. The summed E-state index contributed by atoms with van der Waals surface area (Å²) < 4.78 is 55.0. The molecule has 1 atom stereocenters. The minimum absolute atomic E-state index is 0. The zero-order chi connectivity index (χ0) is 34.3. The lowest BCUT2D eigenvalue weighted by Crippen LogP contribution is -2.31. The second-order valence-corrected chi connectivity index (χ2v) is 13.8. The lowest BCUT2D eigenvalue weighted by molar-refractivity contribution is -0.412. The van der Waals surface area contributed by atoms with E-state index in [1.165, 1.54) is 34.1 Å². The molecule has 0 saturated heterocycles. The van der Waals surface area contributed by atoms with Crippen LogP contribution in [0.15, 0.2) is 0 Å². The summed E-state index contributed by atoms with van der Waals surface area (Å²) in [4.78, 5) is 0. The highest BCUT2D eigenvalue weighted by Crippen LogP contribution is 2.22. The summed E-state index contributed by atoms with van der Waals surface area (Å²) in [5, 5.41) is 0. The highest BCUT2D eigenvalue weighted by Gasteiger charge is 2.34. The van der Waals surface area contributed by atoms with Gasteiger partial charge in [0.25, 0.3) is 0 Å². The molecule has 300 valence electrons. The van der Waals surface area contributed by atoms with Gasteiger partial charge in [-0.2, -0.15) is 0 Å². The first kappa shape index (κ1) is 68.6. The molecule has 0 aliphatic heterocycles. The molecule has 0 saturated carbocycles. The number of hydrogen-bond acceptors (Lipinski definition) is 6. The van der Waals surface area contributed by atoms with Crippen LogP contribution in [0.5, 0.6) is 0 Å². The third-order valence-electron chi connectivity index (χ3n) is 4.73. The van der Waals surface area contributed by atoms with Crippen molar-refractivity contribution in [2.24, 2.45) is 11.8 Å². The van der Waals surface area contributed by atoms with Crippen molar-refractivity contribution < 1.29 is 37.2 Å². The van der Waals surface area contributed by atoms with Gasteiger partial charge >= 0.3 is 6.29 Å². The molecule has 0 bridgehead atoms. The number of alkyl halides is 2. The maximum absolute atomic E-state index is 12.5. The van der Waals surface area contributed by atoms with Crippen molar-refractivity contribution in [3.05, 3.63) is 0 Å². The standard InChI is InChI=1S/C11H24O.C9H20O.C7H14F2O2.C7H16O2.5CH4/c1-9(2)7-8-11(5,6)12-10(3)4;1-7(2)6-9(5)10-8(3)4;1-5(2)10-7(8,9)11-6(3)4;1-6(2)8-5-9-7(3)4;;;;;/h9-10H,7-8H2,1-6H3;7-9H,6H2,1-5H3;5-6H,1-4H3;6-7H,5H2,1-4H3;5*1H4. The van der Waals surface area contributed by atoms with E-state index in [4.69, 9.17) is 18.9 Å². The Morgan fingerprint density at radius 3 is 1.04 bits per heavy atom. The molecule has 8 heteroatoms. The molecule has 0 spiro atoms. The second-order valence-electron chi connectivity index (χ2n) is 13.8. The van der Waals surface area contributed by atoms with E-state index in [0.717, 1.165) is 24.7 Å². The molecule has 0 amide bonds. The molecule has 47 heavy (non-hydrogen) atoms. The van der Waals surface area contributed by atoms with E-state index >= 15 is 0 Å². The molecule has 0 rings (SSSR count). The van der Waals surface area contributed by atoms with E-state index in [1.807, 2.05) is 27.7 Å². The van der Waals surface area contributed by atoms with Gasteiger partial charge in [-0.25, -0.2) is 0 Å². The van der Waals surface area contributed by atoms with Crippen LogP contribution in [0.1, 0.15) is 188 Å². The average molecular weight is 697 g/mol. The molecule has 0 aliphatic carbocycles. The van der Waals surface area contributed by atoms with E-state index in [0.29, 0.717) is 25.1 Å². The Morgan fingerprint density at radius 2 is 0.809 bits per heavy atom.